The van der Waals surface area contributed by atoms with Gasteiger partial charge in [-0.2, -0.15) is 0 Å². The molecule has 1 aromatic heterocycles. The summed E-state index contributed by atoms with van der Waals surface area (Å²) < 4.78 is 5.83. The number of fused-ring (bicyclic) bond motifs is 1. The van der Waals surface area contributed by atoms with Gasteiger partial charge in [0, 0.05) is 12.4 Å². The van der Waals surface area contributed by atoms with Gasteiger partial charge in [0.05, 0.1) is 10.9 Å². The molecular weight excluding hydrogens is 318 g/mol. The predicted molar refractivity (Wildman–Crippen MR) is 85.0 cm³/mol. The van der Waals surface area contributed by atoms with Crippen LogP contribution >= 0.6 is 15.9 Å². The highest BCUT2D eigenvalue weighted by molar-refractivity contribution is 9.10. The van der Waals surface area contributed by atoms with Gasteiger partial charge in [-0.05, 0) is 25.0 Å². The summed E-state index contributed by atoms with van der Waals surface area (Å²) in [4.78, 5) is 13.9. The second kappa shape index (κ2) is 6.00. The Labute approximate surface area is 128 Å². The third-order valence-corrected chi connectivity index (χ3v) is 5.06. The highest BCUT2D eigenvalue weighted by Gasteiger charge is 2.27. The molecule has 4 heteroatoms. The van der Waals surface area contributed by atoms with Crippen molar-refractivity contribution in [3.8, 4) is 0 Å². The van der Waals surface area contributed by atoms with Crippen molar-refractivity contribution in [3.63, 3.8) is 0 Å². The second-order valence-corrected chi connectivity index (χ2v) is 6.44. The normalized spacial score (nSPS) is 14.5. The number of hydrogen-bond acceptors (Lipinski definition) is 2. The summed E-state index contributed by atoms with van der Waals surface area (Å²) in [6, 6.07) is 9.79. The number of halogens is 1. The Morgan fingerprint density at radius 1 is 1.25 bits per heavy atom. The molecule has 3 nitrogen and oxygen atoms in total. The fourth-order valence-corrected chi connectivity index (χ4v) is 2.39. The first-order chi connectivity index (χ1) is 9.41. The van der Waals surface area contributed by atoms with E-state index in [0.29, 0.717) is 0 Å². The Morgan fingerprint density at radius 3 is 2.50 bits per heavy atom. The van der Waals surface area contributed by atoms with E-state index in [1.165, 1.54) is 0 Å². The Morgan fingerprint density at radius 2 is 1.90 bits per heavy atom. The fourth-order valence-electron chi connectivity index (χ4n) is 2.07. The number of amides is 1. The molecule has 0 N–H and O–H groups in total. The van der Waals surface area contributed by atoms with E-state index in [2.05, 4.69) is 15.9 Å². The summed E-state index contributed by atoms with van der Waals surface area (Å²) in [6.07, 6.45) is 0. The molecule has 2 aromatic rings. The van der Waals surface area contributed by atoms with E-state index in [1.807, 2.05) is 58.2 Å². The van der Waals surface area contributed by atoms with Crippen molar-refractivity contribution in [1.82, 2.24) is 4.90 Å². The number of hydrogen-bond donors (Lipinski definition) is 0. The summed E-state index contributed by atoms with van der Waals surface area (Å²) >= 11 is 3.46. The maximum atomic E-state index is 12.4. The van der Waals surface area contributed by atoms with E-state index >= 15 is 0 Å². The van der Waals surface area contributed by atoms with Crippen LogP contribution < -0.4 is 0 Å². The first kappa shape index (κ1) is 15.1. The lowest BCUT2D eigenvalue weighted by molar-refractivity contribution is -0.132. The van der Waals surface area contributed by atoms with Crippen LogP contribution in [0.4, 0.5) is 0 Å². The molecule has 0 aliphatic heterocycles. The van der Waals surface area contributed by atoms with Crippen LogP contribution in [0.1, 0.15) is 32.6 Å². The second-order valence-electron chi connectivity index (χ2n) is 5.46. The minimum Gasteiger partial charge on any atom is -0.459 e. The molecule has 0 spiro atoms. The molecule has 20 heavy (non-hydrogen) atoms. The molecule has 0 bridgehead atoms. The van der Waals surface area contributed by atoms with Crippen molar-refractivity contribution < 1.29 is 9.21 Å². The van der Waals surface area contributed by atoms with Crippen molar-refractivity contribution >= 4 is 32.8 Å². The number of alkyl halides is 1. The van der Waals surface area contributed by atoms with Crippen LogP contribution in [-0.2, 0) is 4.79 Å². The average molecular weight is 338 g/mol. The maximum absolute atomic E-state index is 12.4. The van der Waals surface area contributed by atoms with E-state index in [-0.39, 0.29) is 22.7 Å². The van der Waals surface area contributed by atoms with Crippen LogP contribution in [-0.4, -0.2) is 22.7 Å². The number of nitrogens with zero attached hydrogens (tertiary/aromatic N) is 1. The summed E-state index contributed by atoms with van der Waals surface area (Å²) in [5.74, 6) is 1.14. The van der Waals surface area contributed by atoms with Crippen molar-refractivity contribution in [3.05, 3.63) is 36.1 Å². The van der Waals surface area contributed by atoms with E-state index in [9.17, 15) is 4.79 Å². The van der Waals surface area contributed by atoms with Gasteiger partial charge in [-0.3, -0.25) is 4.79 Å². The van der Waals surface area contributed by atoms with E-state index < -0.39 is 0 Å². The lowest BCUT2D eigenvalue weighted by Gasteiger charge is -2.27. The predicted octanol–water partition coefficient (Wildman–Crippen LogP) is 4.37. The van der Waals surface area contributed by atoms with Crippen molar-refractivity contribution in [2.45, 2.75) is 31.6 Å². The van der Waals surface area contributed by atoms with Gasteiger partial charge >= 0.3 is 0 Å². The van der Waals surface area contributed by atoms with Gasteiger partial charge in [-0.25, -0.2) is 0 Å². The highest BCUT2D eigenvalue weighted by atomic mass is 79.9. The molecule has 2 atom stereocenters. The molecule has 0 fully saturated rings. The molecule has 0 saturated heterocycles. The SMILES string of the molecule is CC(C)C(Br)C(=O)N(C)C(C)c1cc2ccccc2o1. The zero-order chi connectivity index (χ0) is 14.9. The quantitative estimate of drug-likeness (QED) is 0.776. The molecule has 2 rings (SSSR count). The molecule has 2 unspecified atom stereocenters. The number of carbonyl (C=O) groups is 1. The van der Waals surface area contributed by atoms with Gasteiger partial charge in [0.15, 0.2) is 0 Å². The van der Waals surface area contributed by atoms with Gasteiger partial charge in [-0.15, -0.1) is 0 Å². The molecule has 0 radical (unpaired) electrons. The molecule has 1 amide bonds. The van der Waals surface area contributed by atoms with Crippen molar-refractivity contribution in [2.75, 3.05) is 7.05 Å². The van der Waals surface area contributed by atoms with E-state index in [4.69, 9.17) is 4.42 Å². The molecule has 0 aliphatic carbocycles. The number of furan rings is 1. The van der Waals surface area contributed by atoms with Crippen LogP contribution in [0, 0.1) is 5.92 Å². The summed E-state index contributed by atoms with van der Waals surface area (Å²) in [5, 5.41) is 1.06. The van der Waals surface area contributed by atoms with Crippen LogP contribution in [0.25, 0.3) is 11.0 Å². The third kappa shape index (κ3) is 2.90. The zero-order valence-electron chi connectivity index (χ0n) is 12.3. The lowest BCUT2D eigenvalue weighted by Crippen LogP contribution is -2.37. The molecule has 0 saturated carbocycles. The van der Waals surface area contributed by atoms with Gasteiger partial charge in [-0.1, -0.05) is 48.0 Å². The Balaban J connectivity index is 2.21. The van der Waals surface area contributed by atoms with Crippen LogP contribution in [0.2, 0.25) is 0 Å². The van der Waals surface area contributed by atoms with Gasteiger partial charge in [0.25, 0.3) is 0 Å². The van der Waals surface area contributed by atoms with E-state index in [0.717, 1.165) is 16.7 Å². The number of rotatable bonds is 4. The minimum atomic E-state index is -0.167. The zero-order valence-corrected chi connectivity index (χ0v) is 13.8. The lowest BCUT2D eigenvalue weighted by atomic mass is 10.1. The Bertz CT molecular complexity index is 572. The number of para-hydroxylation sites is 1. The molecule has 0 aliphatic rings. The number of benzene rings is 1. The molecule has 108 valence electrons. The standard InChI is InChI=1S/C16H20BrNO2/c1-10(2)15(17)16(19)18(4)11(3)14-9-12-7-5-6-8-13(12)20-14/h5-11,15H,1-4H3. The monoisotopic (exact) mass is 337 g/mol. The summed E-state index contributed by atoms with van der Waals surface area (Å²) in [5.41, 5.74) is 0.856. The molecular formula is C16H20BrNO2. The van der Waals surface area contributed by atoms with Crippen molar-refractivity contribution in [1.29, 1.82) is 0 Å². The minimum absolute atomic E-state index is 0.0768. The summed E-state index contributed by atoms with van der Waals surface area (Å²) in [7, 11) is 1.82. The van der Waals surface area contributed by atoms with E-state index in [1.54, 1.807) is 4.90 Å². The first-order valence-electron chi connectivity index (χ1n) is 6.81. The van der Waals surface area contributed by atoms with Crippen LogP contribution in [0.5, 0.6) is 0 Å². The topological polar surface area (TPSA) is 33.5 Å². The van der Waals surface area contributed by atoms with Crippen LogP contribution in [0.3, 0.4) is 0 Å². The van der Waals surface area contributed by atoms with Gasteiger partial charge in [0.1, 0.15) is 11.3 Å². The van der Waals surface area contributed by atoms with Gasteiger partial charge in [0.2, 0.25) is 5.91 Å². The first-order valence-corrected chi connectivity index (χ1v) is 7.72. The fraction of sp³-hybridized carbons (Fsp3) is 0.438. The Hall–Kier alpha value is -1.29. The Kier molecular flexibility index (Phi) is 4.53. The molecule has 1 aromatic carbocycles. The third-order valence-electron chi connectivity index (χ3n) is 3.61. The van der Waals surface area contributed by atoms with Crippen LogP contribution in [0.15, 0.2) is 34.7 Å². The average Bonchev–Trinajstić information content (AvgIpc) is 2.87. The van der Waals surface area contributed by atoms with Crippen molar-refractivity contribution in [2.24, 2.45) is 5.92 Å². The maximum Gasteiger partial charge on any atom is 0.236 e. The summed E-state index contributed by atoms with van der Waals surface area (Å²) in [6.45, 7) is 6.03. The van der Waals surface area contributed by atoms with Gasteiger partial charge < -0.3 is 9.32 Å². The largest absolute Gasteiger partial charge is 0.459 e. The number of carbonyl (C=O) groups excluding carboxylic acids is 1. The molecule has 1 heterocycles. The highest BCUT2D eigenvalue weighted by Crippen LogP contribution is 2.28. The smallest absolute Gasteiger partial charge is 0.236 e.